The molecule has 0 N–H and O–H groups in total. The molecule has 0 spiro atoms. The number of hydrogen-bond donors (Lipinski definition) is 0. The first-order valence-electron chi connectivity index (χ1n) is 10.1. The molecular weight excluding hydrogens is 340 g/mol. The largest absolute Gasteiger partial charge is 0.105 e. The summed E-state index contributed by atoms with van der Waals surface area (Å²) >= 11 is 0. The van der Waals surface area contributed by atoms with Gasteiger partial charge in [0.2, 0.25) is 0 Å². The van der Waals surface area contributed by atoms with Gasteiger partial charge in [0, 0.05) is 12.0 Å². The Kier molecular flexibility index (Phi) is 8.88. The molecule has 0 saturated heterocycles. The van der Waals surface area contributed by atoms with Gasteiger partial charge in [0.25, 0.3) is 0 Å². The Morgan fingerprint density at radius 2 is 1.56 bits per heavy atom. The first-order chi connectivity index (χ1) is 13.1. The molecule has 0 radical (unpaired) electrons. The van der Waals surface area contributed by atoms with E-state index in [0.717, 1.165) is 12.0 Å². The average molecular weight is 373 g/mol. The van der Waals surface area contributed by atoms with E-state index < -0.39 is 8.07 Å². The molecule has 0 aromatic heterocycles. The van der Waals surface area contributed by atoms with Crippen molar-refractivity contribution in [3.63, 3.8) is 0 Å². The summed E-state index contributed by atoms with van der Waals surface area (Å²) in [5.41, 5.74) is 4.79. The van der Waals surface area contributed by atoms with Crippen LogP contribution in [0.1, 0.15) is 44.6 Å². The zero-order valence-electron chi connectivity index (χ0n) is 17.0. The van der Waals surface area contributed by atoms with Gasteiger partial charge in [-0.1, -0.05) is 129 Å². The van der Waals surface area contributed by atoms with E-state index in [0.29, 0.717) is 0 Å². The molecule has 0 atom stereocenters. The van der Waals surface area contributed by atoms with Crippen LogP contribution < -0.4 is 5.19 Å². The number of benzene rings is 2. The van der Waals surface area contributed by atoms with E-state index >= 15 is 0 Å². The van der Waals surface area contributed by atoms with E-state index in [4.69, 9.17) is 0 Å². The number of unbranched alkanes of at least 4 members (excludes halogenated alkanes) is 4. The quantitative estimate of drug-likeness (QED) is 0.208. The second-order valence-corrected chi connectivity index (χ2v) is 11.9. The third kappa shape index (κ3) is 7.85. The van der Waals surface area contributed by atoms with Crippen LogP contribution in [0.5, 0.6) is 0 Å². The Morgan fingerprint density at radius 1 is 0.889 bits per heavy atom. The minimum Gasteiger partial charge on any atom is -0.0979 e. The number of rotatable bonds is 8. The molecule has 0 saturated carbocycles. The Hall–Kier alpha value is -2.30. The second-order valence-electron chi connectivity index (χ2n) is 7.54. The average Bonchev–Trinajstić information content (AvgIpc) is 2.70. The number of hydrogen-bond acceptors (Lipinski definition) is 0. The van der Waals surface area contributed by atoms with Gasteiger partial charge in [0.15, 0.2) is 0 Å². The molecule has 2 rings (SSSR count). The standard InChI is InChI=1S/C26H32Si/c1-4-5-6-7-8-11-18-25(22-21-24-16-12-9-13-17-24)23-27(2,3)26-19-14-10-15-20-26/h9-10,12-17,19-23H,4-8H2,1-3H3/b22-21+,25-23+. The fourth-order valence-electron chi connectivity index (χ4n) is 3.02. The third-order valence-corrected chi connectivity index (χ3v) is 7.53. The summed E-state index contributed by atoms with van der Waals surface area (Å²) in [6.07, 6.45) is 10.4. The molecule has 2 aromatic rings. The Bertz CT molecular complexity index is 786. The maximum absolute atomic E-state index is 3.45. The highest BCUT2D eigenvalue weighted by Gasteiger charge is 2.20. The lowest BCUT2D eigenvalue weighted by Crippen LogP contribution is -2.39. The topological polar surface area (TPSA) is 0 Å². The van der Waals surface area contributed by atoms with E-state index in [-0.39, 0.29) is 0 Å². The molecule has 0 aliphatic carbocycles. The molecule has 0 nitrogen and oxygen atoms in total. The molecular formula is C26H32Si. The van der Waals surface area contributed by atoms with Crippen molar-refractivity contribution in [1.29, 1.82) is 0 Å². The summed E-state index contributed by atoms with van der Waals surface area (Å²) in [4.78, 5) is 0. The molecule has 140 valence electrons. The zero-order valence-corrected chi connectivity index (χ0v) is 18.0. The van der Waals surface area contributed by atoms with Gasteiger partial charge in [0.1, 0.15) is 8.07 Å². The first kappa shape index (κ1) is 21.0. The summed E-state index contributed by atoms with van der Waals surface area (Å²) in [6.45, 7) is 7.03. The predicted octanol–water partition coefficient (Wildman–Crippen LogP) is 6.75. The van der Waals surface area contributed by atoms with Crippen molar-refractivity contribution in [2.75, 3.05) is 0 Å². The lowest BCUT2D eigenvalue weighted by atomic mass is 10.1. The van der Waals surface area contributed by atoms with Crippen LogP contribution in [0.3, 0.4) is 0 Å². The van der Waals surface area contributed by atoms with Crippen LogP contribution in [0.25, 0.3) is 6.08 Å². The molecule has 2 aromatic carbocycles. The second kappa shape index (κ2) is 11.4. The van der Waals surface area contributed by atoms with Crippen molar-refractivity contribution in [3.8, 4) is 11.8 Å². The Labute approximate surface area is 167 Å². The highest BCUT2D eigenvalue weighted by Crippen LogP contribution is 2.12. The fraction of sp³-hybridized carbons (Fsp3) is 0.308. The Balaban J connectivity index is 2.20. The van der Waals surface area contributed by atoms with Crippen LogP contribution in [-0.2, 0) is 0 Å². The van der Waals surface area contributed by atoms with E-state index in [2.05, 4.69) is 110 Å². The molecule has 0 heterocycles. The van der Waals surface area contributed by atoms with Crippen LogP contribution in [-0.4, -0.2) is 8.07 Å². The molecule has 0 amide bonds. The van der Waals surface area contributed by atoms with Crippen LogP contribution in [0, 0.1) is 11.8 Å². The predicted molar refractivity (Wildman–Crippen MR) is 124 cm³/mol. The first-order valence-corrected chi connectivity index (χ1v) is 13.2. The highest BCUT2D eigenvalue weighted by molar-refractivity contribution is 6.94. The Morgan fingerprint density at radius 3 is 2.22 bits per heavy atom. The summed E-state index contributed by atoms with van der Waals surface area (Å²) < 4.78 is 0. The lowest BCUT2D eigenvalue weighted by Gasteiger charge is -2.18. The van der Waals surface area contributed by atoms with Gasteiger partial charge in [-0.15, -0.1) is 0 Å². The summed E-state index contributed by atoms with van der Waals surface area (Å²) in [7, 11) is -1.68. The molecule has 0 fully saturated rings. The van der Waals surface area contributed by atoms with Gasteiger partial charge < -0.3 is 0 Å². The minimum absolute atomic E-state index is 0.990. The van der Waals surface area contributed by atoms with Gasteiger partial charge in [-0.05, 0) is 18.1 Å². The SMILES string of the molecule is CCCCCCC#CC(=C\[Si](C)(C)c1ccccc1)/C=C/c1ccccc1. The van der Waals surface area contributed by atoms with Gasteiger partial charge in [-0.25, -0.2) is 0 Å². The molecule has 1 heteroatoms. The van der Waals surface area contributed by atoms with Crippen molar-refractivity contribution in [2.24, 2.45) is 0 Å². The highest BCUT2D eigenvalue weighted by atomic mass is 28.3. The summed E-state index contributed by atoms with van der Waals surface area (Å²) in [5, 5.41) is 1.44. The van der Waals surface area contributed by atoms with Gasteiger partial charge >= 0.3 is 0 Å². The van der Waals surface area contributed by atoms with E-state index in [1.807, 2.05) is 0 Å². The van der Waals surface area contributed by atoms with E-state index in [9.17, 15) is 0 Å². The van der Waals surface area contributed by atoms with Crippen LogP contribution in [0.15, 0.2) is 78.0 Å². The van der Waals surface area contributed by atoms with E-state index in [1.54, 1.807) is 0 Å². The van der Waals surface area contributed by atoms with Crippen molar-refractivity contribution in [2.45, 2.75) is 52.1 Å². The molecule has 0 unspecified atom stereocenters. The van der Waals surface area contributed by atoms with Gasteiger partial charge in [0.05, 0.1) is 0 Å². The summed E-state index contributed by atoms with van der Waals surface area (Å²) in [6, 6.07) is 21.3. The molecule has 0 aliphatic heterocycles. The van der Waals surface area contributed by atoms with E-state index in [1.165, 1.54) is 36.4 Å². The smallest absolute Gasteiger partial charge is 0.0979 e. The minimum atomic E-state index is -1.68. The van der Waals surface area contributed by atoms with Crippen LogP contribution in [0.4, 0.5) is 0 Å². The maximum Gasteiger partial charge on any atom is 0.105 e. The van der Waals surface area contributed by atoms with Gasteiger partial charge in [-0.2, -0.15) is 0 Å². The molecule has 0 aliphatic rings. The van der Waals surface area contributed by atoms with Crippen molar-refractivity contribution >= 4 is 19.3 Å². The lowest BCUT2D eigenvalue weighted by molar-refractivity contribution is 0.679. The summed E-state index contributed by atoms with van der Waals surface area (Å²) in [5.74, 6) is 6.86. The van der Waals surface area contributed by atoms with Crippen molar-refractivity contribution in [1.82, 2.24) is 0 Å². The van der Waals surface area contributed by atoms with Crippen LogP contribution >= 0.6 is 0 Å². The van der Waals surface area contributed by atoms with Crippen molar-refractivity contribution in [3.05, 3.63) is 83.6 Å². The monoisotopic (exact) mass is 372 g/mol. The number of allylic oxidation sites excluding steroid dienone is 2. The maximum atomic E-state index is 3.45. The van der Waals surface area contributed by atoms with Gasteiger partial charge in [-0.3, -0.25) is 0 Å². The molecule has 0 bridgehead atoms. The fourth-order valence-corrected chi connectivity index (χ4v) is 5.18. The normalized spacial score (nSPS) is 12.0. The zero-order chi connectivity index (χ0) is 19.4. The third-order valence-electron chi connectivity index (χ3n) is 4.68. The van der Waals surface area contributed by atoms with Crippen molar-refractivity contribution < 1.29 is 0 Å². The van der Waals surface area contributed by atoms with Crippen LogP contribution in [0.2, 0.25) is 13.1 Å². The molecule has 27 heavy (non-hydrogen) atoms.